The lowest BCUT2D eigenvalue weighted by Gasteiger charge is -2.36. The third-order valence-corrected chi connectivity index (χ3v) is 4.33. The van der Waals surface area contributed by atoms with E-state index in [2.05, 4.69) is 66.0 Å². The van der Waals surface area contributed by atoms with Crippen molar-refractivity contribution >= 4 is 0 Å². The number of aryl methyl sites for hydroxylation is 1. The van der Waals surface area contributed by atoms with E-state index in [1.807, 2.05) is 0 Å². The molecule has 20 heavy (non-hydrogen) atoms. The Morgan fingerprint density at radius 1 is 0.850 bits per heavy atom. The van der Waals surface area contributed by atoms with Gasteiger partial charge in [-0.05, 0) is 49.3 Å². The van der Waals surface area contributed by atoms with Gasteiger partial charge in [-0.2, -0.15) is 0 Å². The van der Waals surface area contributed by atoms with Crippen LogP contribution in [0.15, 0.2) is 60.7 Å². The summed E-state index contributed by atoms with van der Waals surface area (Å²) in [4.78, 5) is 0. The van der Waals surface area contributed by atoms with Gasteiger partial charge in [0, 0.05) is 6.04 Å². The molecule has 0 aliphatic heterocycles. The maximum absolute atomic E-state index is 3.69. The topological polar surface area (TPSA) is 12.0 Å². The zero-order valence-corrected chi connectivity index (χ0v) is 12.0. The van der Waals surface area contributed by atoms with Gasteiger partial charge in [0.15, 0.2) is 0 Å². The summed E-state index contributed by atoms with van der Waals surface area (Å²) in [7, 11) is 0. The van der Waals surface area contributed by atoms with Crippen LogP contribution in [0, 0.1) is 0 Å². The highest BCUT2D eigenvalue weighted by Gasteiger charge is 2.29. The maximum atomic E-state index is 3.69. The van der Waals surface area contributed by atoms with Crippen LogP contribution < -0.4 is 5.32 Å². The zero-order chi connectivity index (χ0) is 13.6. The van der Waals surface area contributed by atoms with Crippen molar-refractivity contribution in [1.82, 2.24) is 5.32 Å². The van der Waals surface area contributed by atoms with Gasteiger partial charge in [-0.25, -0.2) is 0 Å². The van der Waals surface area contributed by atoms with E-state index >= 15 is 0 Å². The van der Waals surface area contributed by atoms with Crippen LogP contribution in [0.25, 0.3) is 0 Å². The summed E-state index contributed by atoms with van der Waals surface area (Å²) in [5.41, 5.74) is 2.96. The standard InChI is InChI=1S/C19H23N/c1-3-8-16(9-4-1)10-7-13-20-19-14-18(15-19)17-11-5-2-6-12-17/h1-6,8-9,11-12,18-20H,7,10,13-15H2. The lowest BCUT2D eigenvalue weighted by atomic mass is 9.76. The van der Waals surface area contributed by atoms with E-state index in [9.17, 15) is 0 Å². The molecule has 0 atom stereocenters. The highest BCUT2D eigenvalue weighted by molar-refractivity contribution is 5.22. The molecule has 2 aromatic rings. The summed E-state index contributed by atoms with van der Waals surface area (Å²) in [6.45, 7) is 1.14. The summed E-state index contributed by atoms with van der Waals surface area (Å²) < 4.78 is 0. The van der Waals surface area contributed by atoms with Crippen molar-refractivity contribution in [2.75, 3.05) is 6.54 Å². The Morgan fingerprint density at radius 2 is 1.50 bits per heavy atom. The fourth-order valence-corrected chi connectivity index (χ4v) is 3.03. The molecule has 1 nitrogen and oxygen atoms in total. The van der Waals surface area contributed by atoms with Crippen LogP contribution >= 0.6 is 0 Å². The Morgan fingerprint density at radius 3 is 2.20 bits per heavy atom. The second-order valence-electron chi connectivity index (χ2n) is 5.82. The lowest BCUT2D eigenvalue weighted by molar-refractivity contribution is 0.291. The van der Waals surface area contributed by atoms with Crippen LogP contribution in [-0.4, -0.2) is 12.6 Å². The normalized spacial score (nSPS) is 21.4. The Bertz CT molecular complexity index is 500. The third-order valence-electron chi connectivity index (χ3n) is 4.33. The molecule has 1 saturated carbocycles. The summed E-state index contributed by atoms with van der Waals surface area (Å²) in [5.74, 6) is 0.780. The second-order valence-corrected chi connectivity index (χ2v) is 5.82. The van der Waals surface area contributed by atoms with Crippen molar-refractivity contribution in [2.24, 2.45) is 0 Å². The first-order valence-electron chi connectivity index (χ1n) is 7.74. The summed E-state index contributed by atoms with van der Waals surface area (Å²) in [6.07, 6.45) is 5.02. The van der Waals surface area contributed by atoms with Crippen LogP contribution in [0.4, 0.5) is 0 Å². The van der Waals surface area contributed by atoms with E-state index in [1.54, 1.807) is 0 Å². The van der Waals surface area contributed by atoms with Gasteiger partial charge >= 0.3 is 0 Å². The first kappa shape index (κ1) is 13.4. The monoisotopic (exact) mass is 265 g/mol. The molecule has 0 radical (unpaired) electrons. The molecule has 0 saturated heterocycles. The fraction of sp³-hybridized carbons (Fsp3) is 0.368. The molecule has 1 heteroatoms. The van der Waals surface area contributed by atoms with Gasteiger partial charge in [0.2, 0.25) is 0 Å². The lowest BCUT2D eigenvalue weighted by Crippen LogP contribution is -2.40. The number of rotatable bonds is 6. The van der Waals surface area contributed by atoms with Gasteiger partial charge in [-0.1, -0.05) is 60.7 Å². The van der Waals surface area contributed by atoms with Gasteiger partial charge in [0.25, 0.3) is 0 Å². The first-order chi connectivity index (χ1) is 9.92. The van der Waals surface area contributed by atoms with E-state index < -0.39 is 0 Å². The Kier molecular flexibility index (Phi) is 4.49. The predicted molar refractivity (Wildman–Crippen MR) is 85.0 cm³/mol. The van der Waals surface area contributed by atoms with Crippen molar-refractivity contribution in [1.29, 1.82) is 0 Å². The minimum atomic E-state index is 0.732. The van der Waals surface area contributed by atoms with E-state index in [-0.39, 0.29) is 0 Å². The Balaban J connectivity index is 1.32. The SMILES string of the molecule is c1ccc(CCCNC2CC(c3ccccc3)C2)cc1. The molecule has 1 fully saturated rings. The molecule has 0 amide bonds. The van der Waals surface area contributed by atoms with E-state index in [1.165, 1.54) is 36.8 Å². The van der Waals surface area contributed by atoms with E-state index in [0.29, 0.717) is 0 Å². The number of hydrogen-bond donors (Lipinski definition) is 1. The van der Waals surface area contributed by atoms with Gasteiger partial charge in [-0.15, -0.1) is 0 Å². The molecule has 1 aliphatic carbocycles. The first-order valence-corrected chi connectivity index (χ1v) is 7.74. The number of hydrogen-bond acceptors (Lipinski definition) is 1. The highest BCUT2D eigenvalue weighted by atomic mass is 14.9. The van der Waals surface area contributed by atoms with Crippen LogP contribution in [0.1, 0.15) is 36.3 Å². The minimum absolute atomic E-state index is 0.732. The van der Waals surface area contributed by atoms with Gasteiger partial charge in [0.1, 0.15) is 0 Å². The summed E-state index contributed by atoms with van der Waals surface area (Å²) in [5, 5.41) is 3.69. The van der Waals surface area contributed by atoms with Gasteiger partial charge < -0.3 is 5.32 Å². The molecule has 1 N–H and O–H groups in total. The zero-order valence-electron chi connectivity index (χ0n) is 12.0. The Labute approximate surface area is 122 Å². The fourth-order valence-electron chi connectivity index (χ4n) is 3.03. The molecule has 104 valence electrons. The molecule has 3 rings (SSSR count). The predicted octanol–water partition coefficient (Wildman–Crippen LogP) is 4.16. The largest absolute Gasteiger partial charge is 0.314 e. The summed E-state index contributed by atoms with van der Waals surface area (Å²) >= 11 is 0. The van der Waals surface area contributed by atoms with Crippen LogP contribution in [-0.2, 0) is 6.42 Å². The second kappa shape index (κ2) is 6.71. The summed E-state index contributed by atoms with van der Waals surface area (Å²) in [6, 6.07) is 22.4. The molecular formula is C19H23N. The molecule has 0 unspecified atom stereocenters. The van der Waals surface area contributed by atoms with Gasteiger partial charge in [-0.3, -0.25) is 0 Å². The van der Waals surface area contributed by atoms with Gasteiger partial charge in [0.05, 0.1) is 0 Å². The van der Waals surface area contributed by atoms with Crippen LogP contribution in [0.2, 0.25) is 0 Å². The smallest absolute Gasteiger partial charge is 0.00787 e. The Hall–Kier alpha value is -1.60. The molecule has 0 spiro atoms. The van der Waals surface area contributed by atoms with Crippen LogP contribution in [0.5, 0.6) is 0 Å². The molecule has 0 aromatic heterocycles. The maximum Gasteiger partial charge on any atom is 0.00787 e. The molecule has 0 bridgehead atoms. The quantitative estimate of drug-likeness (QED) is 0.773. The molecule has 2 aromatic carbocycles. The molecule has 0 heterocycles. The average molecular weight is 265 g/mol. The van der Waals surface area contributed by atoms with E-state index in [0.717, 1.165) is 18.5 Å². The highest BCUT2D eigenvalue weighted by Crippen LogP contribution is 2.36. The van der Waals surface area contributed by atoms with Crippen LogP contribution in [0.3, 0.4) is 0 Å². The number of nitrogens with one attached hydrogen (secondary N) is 1. The average Bonchev–Trinajstić information content (AvgIpc) is 2.47. The van der Waals surface area contributed by atoms with Crippen molar-refractivity contribution in [2.45, 2.75) is 37.6 Å². The van der Waals surface area contributed by atoms with Crippen molar-refractivity contribution in [3.8, 4) is 0 Å². The van der Waals surface area contributed by atoms with Crippen molar-refractivity contribution in [3.05, 3.63) is 71.8 Å². The number of benzene rings is 2. The third kappa shape index (κ3) is 3.49. The van der Waals surface area contributed by atoms with Crippen molar-refractivity contribution in [3.63, 3.8) is 0 Å². The van der Waals surface area contributed by atoms with E-state index in [4.69, 9.17) is 0 Å². The minimum Gasteiger partial charge on any atom is -0.314 e. The molecular weight excluding hydrogens is 242 g/mol. The molecule has 1 aliphatic rings. The van der Waals surface area contributed by atoms with Crippen molar-refractivity contribution < 1.29 is 0 Å².